The fourth-order valence-corrected chi connectivity index (χ4v) is 2.09. The van der Waals surface area contributed by atoms with Crippen LogP contribution in [0.3, 0.4) is 0 Å². The van der Waals surface area contributed by atoms with Crippen molar-refractivity contribution in [3.05, 3.63) is 75.3 Å². The number of hydrogen-bond acceptors (Lipinski definition) is 4. The highest BCUT2D eigenvalue weighted by Gasteiger charge is 2.18. The molecule has 0 aliphatic rings. The molecule has 0 spiro atoms. The molecule has 1 amide bonds. The van der Waals surface area contributed by atoms with E-state index in [4.69, 9.17) is 5.26 Å². The number of carbonyl (C=O) groups is 1. The summed E-state index contributed by atoms with van der Waals surface area (Å²) in [6, 6.07) is 14.6. The van der Waals surface area contributed by atoms with Crippen molar-refractivity contribution in [2.75, 3.05) is 7.05 Å². The Balaban J connectivity index is 2.22. The molecule has 0 saturated carbocycles. The third-order valence-corrected chi connectivity index (χ3v) is 3.18. The second-order valence-corrected chi connectivity index (χ2v) is 4.74. The third kappa shape index (κ3) is 3.27. The molecule has 0 atom stereocenters. The molecule has 0 aliphatic heterocycles. The van der Waals surface area contributed by atoms with Crippen LogP contribution < -0.4 is 0 Å². The summed E-state index contributed by atoms with van der Waals surface area (Å²) in [5, 5.41) is 19.9. The Morgan fingerprint density at radius 3 is 2.68 bits per heavy atom. The maximum absolute atomic E-state index is 12.3. The molecule has 2 aromatic rings. The first-order valence-electron chi connectivity index (χ1n) is 6.51. The number of nitrogens with zero attached hydrogens (tertiary/aromatic N) is 3. The summed E-state index contributed by atoms with van der Waals surface area (Å²) >= 11 is 0. The van der Waals surface area contributed by atoms with Gasteiger partial charge >= 0.3 is 0 Å². The summed E-state index contributed by atoms with van der Waals surface area (Å²) in [5.74, 6) is -0.296. The number of nitriles is 1. The Morgan fingerprint density at radius 1 is 1.27 bits per heavy atom. The summed E-state index contributed by atoms with van der Waals surface area (Å²) in [6.45, 7) is 0.118. The fraction of sp³-hybridized carbons (Fsp3) is 0.125. The van der Waals surface area contributed by atoms with E-state index < -0.39 is 4.92 Å². The van der Waals surface area contributed by atoms with Crippen LogP contribution in [-0.4, -0.2) is 22.8 Å². The quantitative estimate of drug-likeness (QED) is 0.641. The van der Waals surface area contributed by atoms with E-state index in [0.717, 1.165) is 0 Å². The predicted molar refractivity (Wildman–Crippen MR) is 80.1 cm³/mol. The molecule has 0 aliphatic carbocycles. The van der Waals surface area contributed by atoms with Crippen molar-refractivity contribution in [1.82, 2.24) is 4.90 Å². The normalized spacial score (nSPS) is 9.82. The van der Waals surface area contributed by atoms with Crippen molar-refractivity contribution in [2.24, 2.45) is 0 Å². The van der Waals surface area contributed by atoms with Gasteiger partial charge in [-0.15, -0.1) is 0 Å². The fourth-order valence-electron chi connectivity index (χ4n) is 2.09. The Morgan fingerprint density at radius 2 is 2.00 bits per heavy atom. The molecule has 0 unspecified atom stereocenters. The number of para-hydroxylation sites is 1. The number of amides is 1. The van der Waals surface area contributed by atoms with E-state index in [-0.39, 0.29) is 18.1 Å². The van der Waals surface area contributed by atoms with Gasteiger partial charge in [-0.05, 0) is 18.2 Å². The van der Waals surface area contributed by atoms with E-state index in [1.54, 1.807) is 43.4 Å². The van der Waals surface area contributed by atoms with Crippen molar-refractivity contribution < 1.29 is 9.72 Å². The molecule has 6 heteroatoms. The number of carbonyl (C=O) groups excluding carboxylic acids is 1. The van der Waals surface area contributed by atoms with Gasteiger partial charge in [0.05, 0.1) is 23.1 Å². The zero-order valence-corrected chi connectivity index (χ0v) is 11.9. The van der Waals surface area contributed by atoms with E-state index in [0.29, 0.717) is 16.7 Å². The first-order chi connectivity index (χ1) is 10.5. The number of rotatable bonds is 4. The number of hydrogen-bond donors (Lipinski definition) is 0. The van der Waals surface area contributed by atoms with Gasteiger partial charge in [-0.3, -0.25) is 14.9 Å². The van der Waals surface area contributed by atoms with Crippen LogP contribution in [0, 0.1) is 21.4 Å². The Kier molecular flexibility index (Phi) is 4.49. The molecular weight excluding hydrogens is 282 g/mol. The maximum Gasteiger partial charge on any atom is 0.274 e. The first-order valence-corrected chi connectivity index (χ1v) is 6.51. The second kappa shape index (κ2) is 6.50. The van der Waals surface area contributed by atoms with Crippen LogP contribution in [0.15, 0.2) is 48.5 Å². The Labute approximate surface area is 127 Å². The average Bonchev–Trinajstić information content (AvgIpc) is 2.54. The molecule has 0 bridgehead atoms. The van der Waals surface area contributed by atoms with Gasteiger partial charge in [0.2, 0.25) is 0 Å². The average molecular weight is 295 g/mol. The minimum absolute atomic E-state index is 0.0204. The van der Waals surface area contributed by atoms with E-state index >= 15 is 0 Å². The van der Waals surface area contributed by atoms with Crippen molar-refractivity contribution in [2.45, 2.75) is 6.54 Å². The predicted octanol–water partition coefficient (Wildman–Crippen LogP) is 2.74. The van der Waals surface area contributed by atoms with Crippen molar-refractivity contribution >= 4 is 11.6 Å². The molecule has 22 heavy (non-hydrogen) atoms. The van der Waals surface area contributed by atoms with E-state index in [1.807, 2.05) is 6.07 Å². The number of nitro groups is 1. The zero-order valence-electron chi connectivity index (χ0n) is 11.9. The lowest BCUT2D eigenvalue weighted by atomic mass is 10.1. The van der Waals surface area contributed by atoms with Crippen LogP contribution in [0.5, 0.6) is 0 Å². The van der Waals surface area contributed by atoms with Crippen molar-refractivity contribution in [3.63, 3.8) is 0 Å². The molecular formula is C16H13N3O3. The van der Waals surface area contributed by atoms with E-state index in [9.17, 15) is 14.9 Å². The highest BCUT2D eigenvalue weighted by atomic mass is 16.6. The lowest BCUT2D eigenvalue weighted by Crippen LogP contribution is -2.26. The SMILES string of the molecule is CN(Cc1ccccc1[N+](=O)[O-])C(=O)c1cccc(C#N)c1. The molecule has 0 radical (unpaired) electrons. The van der Waals surface area contributed by atoms with Gasteiger partial charge in [-0.2, -0.15) is 5.26 Å². The third-order valence-electron chi connectivity index (χ3n) is 3.18. The van der Waals surface area contributed by atoms with Gasteiger partial charge in [0.25, 0.3) is 11.6 Å². The van der Waals surface area contributed by atoms with Crippen molar-refractivity contribution in [1.29, 1.82) is 5.26 Å². The van der Waals surface area contributed by atoms with Gasteiger partial charge in [0.1, 0.15) is 0 Å². The highest BCUT2D eigenvalue weighted by Crippen LogP contribution is 2.20. The minimum Gasteiger partial charge on any atom is -0.337 e. The van der Waals surface area contributed by atoms with Crippen LogP contribution in [0.1, 0.15) is 21.5 Å². The number of benzene rings is 2. The van der Waals surface area contributed by atoms with Gasteiger partial charge < -0.3 is 4.90 Å². The molecule has 2 aromatic carbocycles. The largest absolute Gasteiger partial charge is 0.337 e. The first kappa shape index (κ1) is 15.2. The molecule has 0 aromatic heterocycles. The summed E-state index contributed by atoms with van der Waals surface area (Å²) in [6.07, 6.45) is 0. The number of nitro benzene ring substituents is 1. The lowest BCUT2D eigenvalue weighted by Gasteiger charge is -2.17. The lowest BCUT2D eigenvalue weighted by molar-refractivity contribution is -0.385. The minimum atomic E-state index is -0.468. The van der Waals surface area contributed by atoms with Gasteiger partial charge in [0.15, 0.2) is 0 Å². The smallest absolute Gasteiger partial charge is 0.274 e. The second-order valence-electron chi connectivity index (χ2n) is 4.74. The van der Waals surface area contributed by atoms with Crippen LogP contribution in [0.4, 0.5) is 5.69 Å². The summed E-state index contributed by atoms with van der Waals surface area (Å²) in [5.41, 5.74) is 1.21. The molecule has 6 nitrogen and oxygen atoms in total. The van der Waals surface area contributed by atoms with Crippen molar-refractivity contribution in [3.8, 4) is 6.07 Å². The molecule has 2 rings (SSSR count). The summed E-state index contributed by atoms with van der Waals surface area (Å²) in [7, 11) is 1.57. The monoisotopic (exact) mass is 295 g/mol. The van der Waals surface area contributed by atoms with Gasteiger partial charge in [-0.25, -0.2) is 0 Å². The van der Waals surface area contributed by atoms with E-state index in [1.165, 1.54) is 17.0 Å². The van der Waals surface area contributed by atoms with Crippen LogP contribution in [0.2, 0.25) is 0 Å². The molecule has 0 N–H and O–H groups in total. The highest BCUT2D eigenvalue weighted by molar-refractivity contribution is 5.94. The summed E-state index contributed by atoms with van der Waals surface area (Å²) in [4.78, 5) is 24.3. The topological polar surface area (TPSA) is 87.2 Å². The Hall–Kier alpha value is -3.20. The standard InChI is InChI=1S/C16H13N3O3/c1-18(11-14-6-2-3-8-15(14)19(21)22)16(20)13-7-4-5-12(9-13)10-17/h2-9H,11H2,1H3. The van der Waals surface area contributed by atoms with Crippen LogP contribution in [0.25, 0.3) is 0 Å². The van der Waals surface area contributed by atoms with Gasteiger partial charge in [0, 0.05) is 24.2 Å². The zero-order chi connectivity index (χ0) is 16.1. The van der Waals surface area contributed by atoms with Crippen LogP contribution >= 0.6 is 0 Å². The summed E-state index contributed by atoms with van der Waals surface area (Å²) < 4.78 is 0. The molecule has 0 fully saturated rings. The van der Waals surface area contributed by atoms with E-state index in [2.05, 4.69) is 0 Å². The maximum atomic E-state index is 12.3. The Bertz CT molecular complexity index is 765. The van der Waals surface area contributed by atoms with Crippen LogP contribution in [-0.2, 0) is 6.54 Å². The molecule has 110 valence electrons. The van der Waals surface area contributed by atoms with Gasteiger partial charge in [-0.1, -0.05) is 24.3 Å². The molecule has 0 heterocycles. The molecule has 0 saturated heterocycles.